The monoisotopic (exact) mass is 518 g/mol. The first-order valence-corrected chi connectivity index (χ1v) is 10.7. The van der Waals surface area contributed by atoms with E-state index in [1.807, 2.05) is 0 Å². The van der Waals surface area contributed by atoms with Gasteiger partial charge in [0.15, 0.2) is 0 Å². The summed E-state index contributed by atoms with van der Waals surface area (Å²) in [6.45, 7) is -0.0489. The lowest BCUT2D eigenvalue weighted by atomic mass is 10.2. The molecule has 1 aromatic heterocycles. The lowest BCUT2D eigenvalue weighted by molar-refractivity contribution is -0.385. The fourth-order valence-corrected chi connectivity index (χ4v) is 3.72. The number of aromatic amines is 1. The van der Waals surface area contributed by atoms with Gasteiger partial charge in [-0.1, -0.05) is 53.0 Å². The number of benzene rings is 3. The molecule has 0 bridgehead atoms. The molecule has 0 aliphatic carbocycles. The van der Waals surface area contributed by atoms with Crippen molar-refractivity contribution < 1.29 is 9.66 Å². The number of halogens is 3. The van der Waals surface area contributed by atoms with Crippen molar-refractivity contribution in [1.82, 2.24) is 9.66 Å². The molecule has 34 heavy (non-hydrogen) atoms. The van der Waals surface area contributed by atoms with E-state index in [0.29, 0.717) is 25.8 Å². The Bertz CT molecular complexity index is 1580. The number of nitrogens with zero attached hydrogens (tertiary/aromatic N) is 3. The fraction of sp³-hybridized carbons (Fsp3) is 0.0455. The van der Waals surface area contributed by atoms with Crippen LogP contribution in [0.15, 0.2) is 69.3 Å². The van der Waals surface area contributed by atoms with Crippen molar-refractivity contribution in [3.8, 4) is 5.75 Å². The zero-order chi connectivity index (χ0) is 24.4. The van der Waals surface area contributed by atoms with Gasteiger partial charge in [0.25, 0.3) is 5.56 Å². The lowest BCUT2D eigenvalue weighted by Crippen LogP contribution is -2.32. The van der Waals surface area contributed by atoms with E-state index in [2.05, 4.69) is 10.1 Å². The van der Waals surface area contributed by atoms with E-state index in [1.54, 1.807) is 42.5 Å². The largest absolute Gasteiger partial charge is 0.481 e. The fourth-order valence-electron chi connectivity index (χ4n) is 3.12. The van der Waals surface area contributed by atoms with E-state index in [-0.39, 0.29) is 28.3 Å². The summed E-state index contributed by atoms with van der Waals surface area (Å²) in [5, 5.41) is 16.4. The Labute approximate surface area is 205 Å². The van der Waals surface area contributed by atoms with E-state index in [0.717, 1.165) is 6.21 Å². The summed E-state index contributed by atoms with van der Waals surface area (Å²) >= 11 is 18.1. The van der Waals surface area contributed by atoms with Crippen LogP contribution in [0.3, 0.4) is 0 Å². The van der Waals surface area contributed by atoms with Crippen molar-refractivity contribution in [1.29, 1.82) is 0 Å². The van der Waals surface area contributed by atoms with Gasteiger partial charge in [0.2, 0.25) is 5.75 Å². The number of ether oxygens (including phenoxy) is 1. The third-order valence-corrected chi connectivity index (χ3v) is 5.74. The predicted octanol–water partition coefficient (Wildman–Crippen LogP) is 5.02. The van der Waals surface area contributed by atoms with Gasteiger partial charge in [-0.3, -0.25) is 14.9 Å². The Balaban J connectivity index is 1.67. The second-order valence-corrected chi connectivity index (χ2v) is 8.20. The molecular formula is C22H13Cl3N4O5. The Morgan fingerprint density at radius 1 is 1.03 bits per heavy atom. The van der Waals surface area contributed by atoms with Crippen LogP contribution < -0.4 is 16.0 Å². The van der Waals surface area contributed by atoms with E-state index < -0.39 is 21.9 Å². The molecule has 0 saturated carbocycles. The van der Waals surface area contributed by atoms with E-state index >= 15 is 0 Å². The number of para-hydroxylation sites is 1. The molecule has 172 valence electrons. The highest BCUT2D eigenvalue weighted by atomic mass is 35.5. The van der Waals surface area contributed by atoms with Crippen LogP contribution >= 0.6 is 34.8 Å². The number of hydrogen-bond acceptors (Lipinski definition) is 6. The number of fused-ring (bicyclic) bond motifs is 1. The molecule has 4 rings (SSSR count). The molecule has 1 heterocycles. The second kappa shape index (κ2) is 9.68. The number of rotatable bonds is 6. The molecule has 1 N–H and O–H groups in total. The molecule has 0 saturated heterocycles. The quantitative estimate of drug-likeness (QED) is 0.218. The van der Waals surface area contributed by atoms with Gasteiger partial charge in [-0.2, -0.15) is 5.10 Å². The van der Waals surface area contributed by atoms with Crippen LogP contribution in [0.2, 0.25) is 15.1 Å². The molecule has 0 fully saturated rings. The van der Waals surface area contributed by atoms with Gasteiger partial charge in [0.1, 0.15) is 6.61 Å². The summed E-state index contributed by atoms with van der Waals surface area (Å²) in [6.07, 6.45) is 1.12. The molecule has 12 heteroatoms. The van der Waals surface area contributed by atoms with Crippen molar-refractivity contribution in [3.63, 3.8) is 0 Å². The molecule has 9 nitrogen and oxygen atoms in total. The van der Waals surface area contributed by atoms with Gasteiger partial charge in [0, 0.05) is 11.6 Å². The highest BCUT2D eigenvalue weighted by Gasteiger charge is 2.21. The summed E-state index contributed by atoms with van der Waals surface area (Å²) in [5.41, 5.74) is -0.654. The molecule has 0 radical (unpaired) electrons. The van der Waals surface area contributed by atoms with E-state index in [1.165, 1.54) is 12.1 Å². The Morgan fingerprint density at radius 2 is 1.79 bits per heavy atom. The summed E-state index contributed by atoms with van der Waals surface area (Å²) in [7, 11) is 0. The average molecular weight is 520 g/mol. The predicted molar refractivity (Wildman–Crippen MR) is 131 cm³/mol. The Morgan fingerprint density at radius 3 is 2.53 bits per heavy atom. The zero-order valence-electron chi connectivity index (χ0n) is 17.0. The van der Waals surface area contributed by atoms with Crippen LogP contribution in [0.5, 0.6) is 5.75 Å². The summed E-state index contributed by atoms with van der Waals surface area (Å²) in [4.78, 5) is 38.4. The molecule has 0 aliphatic heterocycles. The smallest absolute Gasteiger partial charge is 0.349 e. The first-order chi connectivity index (χ1) is 16.2. The Kier molecular flexibility index (Phi) is 6.69. The van der Waals surface area contributed by atoms with Gasteiger partial charge < -0.3 is 9.72 Å². The van der Waals surface area contributed by atoms with Gasteiger partial charge in [-0.25, -0.2) is 4.79 Å². The van der Waals surface area contributed by atoms with Crippen molar-refractivity contribution in [2.24, 2.45) is 5.10 Å². The number of nitro benzene ring substituents is 1. The van der Waals surface area contributed by atoms with Gasteiger partial charge in [-0.15, -0.1) is 4.68 Å². The minimum atomic E-state index is -0.762. The van der Waals surface area contributed by atoms with Crippen LogP contribution in [0.4, 0.5) is 5.69 Å². The third kappa shape index (κ3) is 4.81. The van der Waals surface area contributed by atoms with Crippen molar-refractivity contribution in [3.05, 3.63) is 112 Å². The van der Waals surface area contributed by atoms with E-state index in [9.17, 15) is 19.7 Å². The lowest BCUT2D eigenvalue weighted by Gasteiger charge is -2.10. The number of H-pyrrole nitrogens is 1. The maximum atomic E-state index is 12.6. The minimum absolute atomic E-state index is 0.0489. The summed E-state index contributed by atoms with van der Waals surface area (Å²) in [5.74, 6) is -0.157. The van der Waals surface area contributed by atoms with Crippen LogP contribution in [0.25, 0.3) is 10.9 Å². The van der Waals surface area contributed by atoms with E-state index in [4.69, 9.17) is 39.5 Å². The van der Waals surface area contributed by atoms with Crippen LogP contribution in [0.1, 0.15) is 11.1 Å². The number of hydrogen-bond donors (Lipinski definition) is 1. The molecule has 4 aromatic rings. The first kappa shape index (κ1) is 23.5. The normalized spacial score (nSPS) is 11.3. The number of nitrogens with one attached hydrogen (secondary N) is 1. The Hall–Kier alpha value is -3.66. The maximum Gasteiger partial charge on any atom is 0.349 e. The highest BCUT2D eigenvalue weighted by Crippen LogP contribution is 2.36. The molecule has 0 aliphatic rings. The van der Waals surface area contributed by atoms with Crippen LogP contribution in [-0.4, -0.2) is 20.8 Å². The second-order valence-electron chi connectivity index (χ2n) is 6.98. The highest BCUT2D eigenvalue weighted by molar-refractivity contribution is 6.42. The molecule has 0 atom stereocenters. The molecule has 0 amide bonds. The van der Waals surface area contributed by atoms with Gasteiger partial charge in [-0.05, 0) is 35.9 Å². The molecule has 3 aromatic carbocycles. The average Bonchev–Trinajstić information content (AvgIpc) is 2.80. The van der Waals surface area contributed by atoms with Gasteiger partial charge >= 0.3 is 11.4 Å². The molecule has 0 unspecified atom stereocenters. The molecular weight excluding hydrogens is 507 g/mol. The standard InChI is InChI=1S/C22H13Cl3N4O5/c23-15-6-5-12(7-16(15)24)11-34-20-17(25)8-13(9-19(20)29(32)33)10-26-28-21(30)14-3-1-2-4-18(14)27-22(28)31/h1-10H,11H2,(H,27,31). The summed E-state index contributed by atoms with van der Waals surface area (Å²) < 4.78 is 6.21. The summed E-state index contributed by atoms with van der Waals surface area (Å²) in [6, 6.07) is 13.8. The number of aromatic nitrogens is 2. The topological polar surface area (TPSA) is 120 Å². The van der Waals surface area contributed by atoms with Crippen molar-refractivity contribution in [2.75, 3.05) is 0 Å². The van der Waals surface area contributed by atoms with Crippen LogP contribution in [-0.2, 0) is 6.61 Å². The van der Waals surface area contributed by atoms with Crippen molar-refractivity contribution in [2.45, 2.75) is 6.61 Å². The first-order valence-electron chi connectivity index (χ1n) is 9.57. The maximum absolute atomic E-state index is 12.6. The van der Waals surface area contributed by atoms with Crippen molar-refractivity contribution >= 4 is 57.6 Å². The SMILES string of the molecule is O=c1[nH]c2ccccc2c(=O)n1N=Cc1cc(Cl)c(OCc2ccc(Cl)c(Cl)c2)c([N+](=O)[O-])c1. The zero-order valence-corrected chi connectivity index (χ0v) is 19.3. The molecule has 0 spiro atoms. The van der Waals surface area contributed by atoms with Crippen LogP contribution in [0, 0.1) is 10.1 Å². The third-order valence-electron chi connectivity index (χ3n) is 4.72. The minimum Gasteiger partial charge on any atom is -0.481 e. The van der Waals surface area contributed by atoms with Gasteiger partial charge in [0.05, 0.1) is 37.1 Å². The number of nitro groups is 1.